The van der Waals surface area contributed by atoms with E-state index in [1.807, 2.05) is 0 Å². The SMILES string of the molecule is CCOc1ccc(NC(=O)c2ccn(-c3cc(F)cc(F)c3)n2)cc1F. The maximum Gasteiger partial charge on any atom is 0.276 e. The third-order valence-electron chi connectivity index (χ3n) is 3.42. The van der Waals surface area contributed by atoms with Crippen LogP contribution < -0.4 is 10.1 Å². The minimum atomic E-state index is -0.758. The van der Waals surface area contributed by atoms with E-state index in [9.17, 15) is 18.0 Å². The maximum atomic E-state index is 13.8. The quantitative estimate of drug-likeness (QED) is 0.749. The number of anilines is 1. The van der Waals surface area contributed by atoms with Crippen LogP contribution >= 0.6 is 0 Å². The summed E-state index contributed by atoms with van der Waals surface area (Å²) in [6, 6.07) is 8.30. The van der Waals surface area contributed by atoms with Crippen molar-refractivity contribution in [2.45, 2.75) is 6.92 Å². The number of aromatic nitrogens is 2. The summed E-state index contributed by atoms with van der Waals surface area (Å²) >= 11 is 0. The highest BCUT2D eigenvalue weighted by Crippen LogP contribution is 2.21. The van der Waals surface area contributed by atoms with Crippen LogP contribution in [0, 0.1) is 17.5 Å². The van der Waals surface area contributed by atoms with Crippen molar-refractivity contribution in [3.05, 3.63) is 71.8 Å². The second-order valence-corrected chi connectivity index (χ2v) is 5.31. The van der Waals surface area contributed by atoms with Crippen molar-refractivity contribution < 1.29 is 22.7 Å². The Morgan fingerprint density at radius 3 is 2.50 bits per heavy atom. The van der Waals surface area contributed by atoms with Gasteiger partial charge in [-0.05, 0) is 37.3 Å². The first-order valence-electron chi connectivity index (χ1n) is 7.72. The van der Waals surface area contributed by atoms with Crippen molar-refractivity contribution >= 4 is 11.6 Å². The smallest absolute Gasteiger partial charge is 0.276 e. The maximum absolute atomic E-state index is 13.8. The van der Waals surface area contributed by atoms with Crippen LogP contribution in [-0.4, -0.2) is 22.3 Å². The molecule has 1 N–H and O–H groups in total. The summed E-state index contributed by atoms with van der Waals surface area (Å²) in [6.07, 6.45) is 1.39. The first-order chi connectivity index (χ1) is 12.5. The third kappa shape index (κ3) is 3.85. The van der Waals surface area contributed by atoms with Gasteiger partial charge in [0.15, 0.2) is 17.3 Å². The fourth-order valence-corrected chi connectivity index (χ4v) is 2.31. The van der Waals surface area contributed by atoms with E-state index in [1.54, 1.807) is 6.92 Å². The topological polar surface area (TPSA) is 56.1 Å². The first kappa shape index (κ1) is 17.5. The van der Waals surface area contributed by atoms with Gasteiger partial charge in [0, 0.05) is 24.0 Å². The highest BCUT2D eigenvalue weighted by molar-refractivity contribution is 6.02. The summed E-state index contributed by atoms with van der Waals surface area (Å²) in [5.74, 6) is -2.63. The van der Waals surface area contributed by atoms with Crippen LogP contribution in [0.4, 0.5) is 18.9 Å². The van der Waals surface area contributed by atoms with E-state index in [2.05, 4.69) is 10.4 Å². The predicted molar refractivity (Wildman–Crippen MR) is 89.0 cm³/mol. The molecule has 0 atom stereocenters. The van der Waals surface area contributed by atoms with Gasteiger partial charge in [0.1, 0.15) is 11.6 Å². The fraction of sp³-hybridized carbons (Fsp3) is 0.111. The van der Waals surface area contributed by atoms with Crippen molar-refractivity contribution in [1.29, 1.82) is 0 Å². The highest BCUT2D eigenvalue weighted by atomic mass is 19.1. The second-order valence-electron chi connectivity index (χ2n) is 5.31. The molecule has 26 heavy (non-hydrogen) atoms. The molecule has 1 heterocycles. The minimum absolute atomic E-state index is 0.00367. The molecule has 0 saturated heterocycles. The van der Waals surface area contributed by atoms with Gasteiger partial charge in [0.25, 0.3) is 5.91 Å². The summed E-state index contributed by atoms with van der Waals surface area (Å²) in [6.45, 7) is 2.05. The Hall–Kier alpha value is -3.29. The number of ether oxygens (including phenoxy) is 1. The lowest BCUT2D eigenvalue weighted by Crippen LogP contribution is -2.13. The normalized spacial score (nSPS) is 10.6. The van der Waals surface area contributed by atoms with Crippen molar-refractivity contribution in [3.8, 4) is 11.4 Å². The lowest BCUT2D eigenvalue weighted by atomic mass is 10.2. The number of nitrogens with zero attached hydrogens (tertiary/aromatic N) is 2. The molecule has 3 aromatic rings. The fourth-order valence-electron chi connectivity index (χ4n) is 2.31. The molecule has 1 amide bonds. The molecule has 0 aliphatic carbocycles. The number of carbonyl (C=O) groups is 1. The Morgan fingerprint density at radius 1 is 1.12 bits per heavy atom. The van der Waals surface area contributed by atoms with Crippen molar-refractivity contribution in [3.63, 3.8) is 0 Å². The Kier molecular flexibility index (Phi) is 4.92. The molecule has 2 aromatic carbocycles. The highest BCUT2D eigenvalue weighted by Gasteiger charge is 2.13. The summed E-state index contributed by atoms with van der Waals surface area (Å²) < 4.78 is 46.7. The van der Waals surface area contributed by atoms with Crippen LogP contribution in [0.3, 0.4) is 0 Å². The van der Waals surface area contributed by atoms with Crippen LogP contribution in [0.2, 0.25) is 0 Å². The van der Waals surface area contributed by atoms with Gasteiger partial charge in [0.05, 0.1) is 12.3 Å². The van der Waals surface area contributed by atoms with Crippen LogP contribution in [0.15, 0.2) is 48.7 Å². The molecule has 134 valence electrons. The summed E-state index contributed by atoms with van der Waals surface area (Å²) in [5.41, 5.74) is 0.361. The van der Waals surface area contributed by atoms with E-state index in [0.717, 1.165) is 24.3 Å². The van der Waals surface area contributed by atoms with E-state index in [1.165, 1.54) is 29.1 Å². The number of benzene rings is 2. The second kappa shape index (κ2) is 7.30. The number of halogens is 3. The number of carbonyl (C=O) groups excluding carboxylic acids is 1. The number of rotatable bonds is 5. The van der Waals surface area contributed by atoms with Crippen molar-refractivity contribution in [2.75, 3.05) is 11.9 Å². The molecule has 0 aliphatic rings. The predicted octanol–water partition coefficient (Wildman–Crippen LogP) is 3.94. The van der Waals surface area contributed by atoms with Gasteiger partial charge in [-0.15, -0.1) is 0 Å². The van der Waals surface area contributed by atoms with E-state index >= 15 is 0 Å². The number of hydrogen-bond donors (Lipinski definition) is 1. The average molecular weight is 361 g/mol. The van der Waals surface area contributed by atoms with E-state index in [4.69, 9.17) is 4.74 Å². The van der Waals surface area contributed by atoms with Gasteiger partial charge in [-0.25, -0.2) is 17.9 Å². The summed E-state index contributed by atoms with van der Waals surface area (Å²) in [7, 11) is 0. The monoisotopic (exact) mass is 361 g/mol. The molecular weight excluding hydrogens is 347 g/mol. The van der Waals surface area contributed by atoms with Gasteiger partial charge in [0.2, 0.25) is 0 Å². The number of amides is 1. The zero-order chi connectivity index (χ0) is 18.7. The zero-order valence-corrected chi connectivity index (χ0v) is 13.7. The zero-order valence-electron chi connectivity index (χ0n) is 13.7. The molecule has 0 fully saturated rings. The average Bonchev–Trinajstić information content (AvgIpc) is 3.07. The van der Waals surface area contributed by atoms with Crippen molar-refractivity contribution in [2.24, 2.45) is 0 Å². The van der Waals surface area contributed by atoms with Gasteiger partial charge < -0.3 is 10.1 Å². The number of hydrogen-bond acceptors (Lipinski definition) is 3. The Labute approximate surface area is 147 Å². The Morgan fingerprint density at radius 2 is 1.85 bits per heavy atom. The summed E-state index contributed by atoms with van der Waals surface area (Å²) in [5, 5.41) is 6.48. The van der Waals surface area contributed by atoms with Crippen LogP contribution in [0.1, 0.15) is 17.4 Å². The molecule has 0 unspecified atom stereocenters. The minimum Gasteiger partial charge on any atom is -0.491 e. The molecule has 8 heteroatoms. The molecule has 3 rings (SSSR count). The molecule has 0 radical (unpaired) electrons. The molecule has 0 saturated carbocycles. The lowest BCUT2D eigenvalue weighted by molar-refractivity contribution is 0.102. The third-order valence-corrected chi connectivity index (χ3v) is 3.42. The van der Waals surface area contributed by atoms with Crippen LogP contribution in [-0.2, 0) is 0 Å². The van der Waals surface area contributed by atoms with Gasteiger partial charge in [-0.1, -0.05) is 0 Å². The van der Waals surface area contributed by atoms with Crippen LogP contribution in [0.25, 0.3) is 5.69 Å². The van der Waals surface area contributed by atoms with E-state index in [0.29, 0.717) is 6.61 Å². The van der Waals surface area contributed by atoms with E-state index < -0.39 is 23.4 Å². The molecule has 5 nitrogen and oxygen atoms in total. The van der Waals surface area contributed by atoms with Crippen molar-refractivity contribution in [1.82, 2.24) is 9.78 Å². The molecule has 0 aliphatic heterocycles. The van der Waals surface area contributed by atoms with Crippen LogP contribution in [0.5, 0.6) is 5.75 Å². The molecule has 0 spiro atoms. The lowest BCUT2D eigenvalue weighted by Gasteiger charge is -2.07. The van der Waals surface area contributed by atoms with Gasteiger partial charge >= 0.3 is 0 Å². The standard InChI is InChI=1S/C18H14F3N3O2/c1-2-26-17-4-3-13(10-15(17)21)22-18(25)16-5-6-24(23-16)14-8-11(19)7-12(20)9-14/h3-10H,2H2,1H3,(H,22,25). The Bertz CT molecular complexity index is 936. The molecular formula is C18H14F3N3O2. The number of nitrogens with one attached hydrogen (secondary N) is 1. The largest absolute Gasteiger partial charge is 0.491 e. The van der Waals surface area contributed by atoms with E-state index in [-0.39, 0.29) is 22.8 Å². The summed E-state index contributed by atoms with van der Waals surface area (Å²) in [4.78, 5) is 12.2. The molecule has 0 bridgehead atoms. The first-order valence-corrected chi connectivity index (χ1v) is 7.72. The molecule has 1 aromatic heterocycles. The van der Waals surface area contributed by atoms with Gasteiger partial charge in [-0.3, -0.25) is 4.79 Å². The Balaban J connectivity index is 1.77. The van der Waals surface area contributed by atoms with Gasteiger partial charge in [-0.2, -0.15) is 5.10 Å².